The molecular weight excluding hydrogens is 328 g/mol. The van der Waals surface area contributed by atoms with Crippen LogP contribution in [0.25, 0.3) is 5.52 Å². The highest BCUT2D eigenvalue weighted by Gasteiger charge is 2.20. The molecule has 6 heteroatoms. The van der Waals surface area contributed by atoms with E-state index in [4.69, 9.17) is 4.74 Å². The summed E-state index contributed by atoms with van der Waals surface area (Å²) in [6.07, 6.45) is 1.24. The molecule has 4 nitrogen and oxygen atoms in total. The first kappa shape index (κ1) is 17.1. The number of benzene rings is 1. The van der Waals surface area contributed by atoms with E-state index in [1.165, 1.54) is 18.2 Å². The Morgan fingerprint density at radius 3 is 2.56 bits per heavy atom. The van der Waals surface area contributed by atoms with E-state index in [0.29, 0.717) is 16.8 Å². The Morgan fingerprint density at radius 2 is 1.92 bits per heavy atom. The lowest BCUT2D eigenvalue weighted by Crippen LogP contribution is -2.13. The molecule has 1 unspecified atom stereocenters. The third-order valence-corrected chi connectivity index (χ3v) is 4.28. The second-order valence-electron chi connectivity index (χ2n) is 5.83. The van der Waals surface area contributed by atoms with Crippen molar-refractivity contribution in [3.05, 3.63) is 76.6 Å². The molecule has 0 spiro atoms. The number of carbonyl (C=O) groups is 1. The number of hydrogen-bond acceptors (Lipinski definition) is 2. The van der Waals surface area contributed by atoms with E-state index >= 15 is 0 Å². The summed E-state index contributed by atoms with van der Waals surface area (Å²) >= 11 is 0. The molecule has 2 aromatic heterocycles. The number of carboxylic acids is 1. The fourth-order valence-corrected chi connectivity index (χ4v) is 2.99. The number of aromatic nitrogens is 1. The number of pyridine rings is 1. The van der Waals surface area contributed by atoms with Crippen molar-refractivity contribution in [1.82, 2.24) is 4.40 Å². The van der Waals surface area contributed by atoms with Crippen molar-refractivity contribution in [2.75, 3.05) is 0 Å². The van der Waals surface area contributed by atoms with Crippen LogP contribution in [0.4, 0.5) is 8.78 Å². The molecule has 1 atom stereocenters. The zero-order valence-corrected chi connectivity index (χ0v) is 13.8. The molecule has 1 N–H and O–H groups in total. The van der Waals surface area contributed by atoms with E-state index in [2.05, 4.69) is 0 Å². The number of carboxylic acid groups (broad SMARTS) is 1. The molecule has 0 amide bonds. The highest BCUT2D eigenvalue weighted by molar-refractivity contribution is 5.91. The summed E-state index contributed by atoms with van der Waals surface area (Å²) < 4.78 is 35.0. The van der Waals surface area contributed by atoms with E-state index < -0.39 is 23.7 Å². The van der Waals surface area contributed by atoms with Gasteiger partial charge in [0.2, 0.25) is 0 Å². The quantitative estimate of drug-likeness (QED) is 0.741. The average molecular weight is 345 g/mol. The molecule has 0 aliphatic rings. The minimum atomic E-state index is -1.03. The minimum Gasteiger partial charge on any atom is -0.478 e. The third-order valence-electron chi connectivity index (χ3n) is 4.28. The van der Waals surface area contributed by atoms with Crippen molar-refractivity contribution in [2.24, 2.45) is 0 Å². The van der Waals surface area contributed by atoms with Crippen LogP contribution in [0.2, 0.25) is 0 Å². The van der Waals surface area contributed by atoms with Crippen LogP contribution in [0.15, 0.2) is 42.6 Å². The summed E-state index contributed by atoms with van der Waals surface area (Å²) in [7, 11) is 0. The first-order valence-corrected chi connectivity index (χ1v) is 7.78. The topological polar surface area (TPSA) is 50.9 Å². The maximum Gasteiger partial charge on any atom is 0.336 e. The molecule has 0 saturated carbocycles. The predicted octanol–water partition coefficient (Wildman–Crippen LogP) is 4.50. The number of halogens is 2. The van der Waals surface area contributed by atoms with Gasteiger partial charge in [-0.25, -0.2) is 13.6 Å². The fraction of sp³-hybridized carbons (Fsp3) is 0.211. The molecule has 0 bridgehead atoms. The van der Waals surface area contributed by atoms with Crippen LogP contribution >= 0.6 is 0 Å². The van der Waals surface area contributed by atoms with Gasteiger partial charge >= 0.3 is 5.97 Å². The Bertz CT molecular complexity index is 929. The highest BCUT2D eigenvalue weighted by atomic mass is 19.1. The van der Waals surface area contributed by atoms with Crippen LogP contribution in [0, 0.1) is 18.6 Å². The van der Waals surface area contributed by atoms with Crippen molar-refractivity contribution < 1.29 is 23.4 Å². The van der Waals surface area contributed by atoms with E-state index in [0.717, 1.165) is 0 Å². The summed E-state index contributed by atoms with van der Waals surface area (Å²) in [6, 6.07) is 8.82. The van der Waals surface area contributed by atoms with E-state index in [9.17, 15) is 18.7 Å². The summed E-state index contributed by atoms with van der Waals surface area (Å²) in [5.74, 6) is -2.38. The molecule has 0 fully saturated rings. The molecule has 3 aromatic rings. The number of rotatable bonds is 5. The summed E-state index contributed by atoms with van der Waals surface area (Å²) in [5, 5.41) is 9.40. The van der Waals surface area contributed by atoms with Crippen LogP contribution in [0.3, 0.4) is 0 Å². The zero-order valence-electron chi connectivity index (χ0n) is 13.8. The second-order valence-corrected chi connectivity index (χ2v) is 5.83. The van der Waals surface area contributed by atoms with Gasteiger partial charge < -0.3 is 14.2 Å². The largest absolute Gasteiger partial charge is 0.478 e. The van der Waals surface area contributed by atoms with Gasteiger partial charge in [0.1, 0.15) is 11.6 Å². The SMILES string of the molecule is Cc1c(C(=O)O)cc2cccn2c1C(C)OCc1c(F)cccc1F. The van der Waals surface area contributed by atoms with Crippen molar-refractivity contribution in [2.45, 2.75) is 26.6 Å². The van der Waals surface area contributed by atoms with Crippen LogP contribution < -0.4 is 0 Å². The summed E-state index contributed by atoms with van der Waals surface area (Å²) in [5.41, 5.74) is 1.93. The van der Waals surface area contributed by atoms with Crippen LogP contribution in [0.1, 0.15) is 40.2 Å². The van der Waals surface area contributed by atoms with Crippen molar-refractivity contribution in [3.8, 4) is 0 Å². The molecule has 2 heterocycles. The maximum absolute atomic E-state index is 13.8. The lowest BCUT2D eigenvalue weighted by atomic mass is 10.0. The second kappa shape index (κ2) is 6.64. The Hall–Kier alpha value is -2.73. The average Bonchev–Trinajstić information content (AvgIpc) is 3.01. The van der Waals surface area contributed by atoms with Gasteiger partial charge in [0.25, 0.3) is 0 Å². The smallest absolute Gasteiger partial charge is 0.336 e. The first-order chi connectivity index (χ1) is 11.9. The first-order valence-electron chi connectivity index (χ1n) is 7.78. The van der Waals surface area contributed by atoms with Gasteiger partial charge in [0, 0.05) is 17.3 Å². The van der Waals surface area contributed by atoms with Crippen molar-refractivity contribution in [3.63, 3.8) is 0 Å². The monoisotopic (exact) mass is 345 g/mol. The Kier molecular flexibility index (Phi) is 4.55. The van der Waals surface area contributed by atoms with E-state index in [1.54, 1.807) is 38.2 Å². The van der Waals surface area contributed by atoms with Crippen LogP contribution in [-0.4, -0.2) is 15.5 Å². The third kappa shape index (κ3) is 3.13. The number of hydrogen-bond donors (Lipinski definition) is 1. The predicted molar refractivity (Wildman–Crippen MR) is 88.7 cm³/mol. The Labute approximate surface area is 143 Å². The highest BCUT2D eigenvalue weighted by Crippen LogP contribution is 2.28. The molecular formula is C19H17F2NO3. The lowest BCUT2D eigenvalue weighted by molar-refractivity contribution is 0.0450. The zero-order chi connectivity index (χ0) is 18.1. The maximum atomic E-state index is 13.8. The number of aromatic carboxylic acids is 1. The van der Waals surface area contributed by atoms with Gasteiger partial charge in [0.15, 0.2) is 0 Å². The van der Waals surface area contributed by atoms with Gasteiger partial charge in [-0.2, -0.15) is 0 Å². The Balaban J connectivity index is 1.97. The van der Waals surface area contributed by atoms with E-state index in [1.807, 2.05) is 4.40 Å². The van der Waals surface area contributed by atoms with Gasteiger partial charge in [-0.05, 0) is 49.7 Å². The number of nitrogens with zero attached hydrogens (tertiary/aromatic N) is 1. The molecule has 0 aliphatic carbocycles. The van der Waals surface area contributed by atoms with Crippen molar-refractivity contribution in [1.29, 1.82) is 0 Å². The number of fused-ring (bicyclic) bond motifs is 1. The Morgan fingerprint density at radius 1 is 1.24 bits per heavy atom. The molecule has 3 rings (SSSR count). The van der Waals surface area contributed by atoms with Gasteiger partial charge in [-0.15, -0.1) is 0 Å². The van der Waals surface area contributed by atoms with Gasteiger partial charge in [0.05, 0.1) is 24.0 Å². The van der Waals surface area contributed by atoms with Crippen molar-refractivity contribution >= 4 is 11.5 Å². The lowest BCUT2D eigenvalue weighted by Gasteiger charge is -2.20. The molecule has 0 aliphatic heterocycles. The summed E-state index contributed by atoms with van der Waals surface area (Å²) in [4.78, 5) is 11.5. The normalized spacial score (nSPS) is 12.5. The van der Waals surface area contributed by atoms with Gasteiger partial charge in [-0.1, -0.05) is 6.07 Å². The van der Waals surface area contributed by atoms with Gasteiger partial charge in [-0.3, -0.25) is 0 Å². The van der Waals surface area contributed by atoms with E-state index in [-0.39, 0.29) is 17.7 Å². The molecule has 25 heavy (non-hydrogen) atoms. The number of ether oxygens (including phenoxy) is 1. The summed E-state index contributed by atoms with van der Waals surface area (Å²) in [6.45, 7) is 3.17. The standard InChI is InChI=1S/C19H17F2NO3/c1-11-14(19(23)24)9-13-5-4-8-22(13)18(11)12(2)25-10-15-16(20)6-3-7-17(15)21/h3-9,12H,10H2,1-2H3,(H,23,24). The molecule has 130 valence electrons. The molecule has 1 aromatic carbocycles. The van der Waals surface area contributed by atoms with Crippen LogP contribution in [0.5, 0.6) is 0 Å². The fourth-order valence-electron chi connectivity index (χ4n) is 2.99. The van der Waals surface area contributed by atoms with Crippen LogP contribution in [-0.2, 0) is 11.3 Å². The molecule has 0 radical (unpaired) electrons. The minimum absolute atomic E-state index is 0.148. The molecule has 0 saturated heterocycles.